The van der Waals surface area contributed by atoms with E-state index in [0.717, 1.165) is 19.1 Å². The first-order valence-corrected chi connectivity index (χ1v) is 3.26. The van der Waals surface area contributed by atoms with E-state index in [9.17, 15) is 4.79 Å². The quantitative estimate of drug-likeness (QED) is 0.456. The van der Waals surface area contributed by atoms with Gasteiger partial charge in [0.2, 0.25) is 0 Å². The first-order valence-electron chi connectivity index (χ1n) is 2.81. The van der Waals surface area contributed by atoms with Gasteiger partial charge in [0, 0.05) is 0 Å². The fourth-order valence-electron chi connectivity index (χ4n) is 0.565. The van der Waals surface area contributed by atoms with Crippen molar-refractivity contribution in [2.24, 2.45) is 0 Å². The van der Waals surface area contributed by atoms with Gasteiger partial charge in [-0.3, -0.25) is 0 Å². The minimum absolute atomic E-state index is 0.394. The van der Waals surface area contributed by atoms with E-state index in [1.807, 2.05) is 13.8 Å². The van der Waals surface area contributed by atoms with Gasteiger partial charge >= 0.3 is 0 Å². The van der Waals surface area contributed by atoms with Crippen molar-refractivity contribution in [1.29, 1.82) is 0 Å². The Labute approximate surface area is 55.9 Å². The normalized spacial score (nSPS) is 17.4. The minimum atomic E-state index is -0.394. The minimum Gasteiger partial charge on any atom is -0.302 e. The van der Waals surface area contributed by atoms with Crippen LogP contribution in [0.5, 0.6) is 0 Å². The Morgan fingerprint density at radius 3 is 2.38 bits per heavy atom. The topological polar surface area (TPSA) is 17.1 Å². The SMILES string of the molecule is CCCC(C)(S)C=O. The molecule has 0 aromatic rings. The van der Waals surface area contributed by atoms with Crippen molar-refractivity contribution in [2.75, 3.05) is 0 Å². The molecule has 0 spiro atoms. The van der Waals surface area contributed by atoms with Crippen molar-refractivity contribution in [3.63, 3.8) is 0 Å². The molecular weight excluding hydrogens is 120 g/mol. The molecule has 0 amide bonds. The molecule has 0 N–H and O–H groups in total. The van der Waals surface area contributed by atoms with Crippen molar-refractivity contribution in [3.8, 4) is 0 Å². The lowest BCUT2D eigenvalue weighted by Crippen LogP contribution is -2.16. The zero-order chi connectivity index (χ0) is 6.62. The van der Waals surface area contributed by atoms with E-state index in [4.69, 9.17) is 0 Å². The zero-order valence-corrected chi connectivity index (χ0v) is 6.24. The summed E-state index contributed by atoms with van der Waals surface area (Å²) >= 11 is 4.10. The van der Waals surface area contributed by atoms with Crippen LogP contribution < -0.4 is 0 Å². The van der Waals surface area contributed by atoms with E-state index in [2.05, 4.69) is 12.6 Å². The molecule has 0 saturated heterocycles. The number of hydrogen-bond donors (Lipinski definition) is 1. The van der Waals surface area contributed by atoms with Gasteiger partial charge < -0.3 is 4.79 Å². The first-order chi connectivity index (χ1) is 3.62. The van der Waals surface area contributed by atoms with Crippen molar-refractivity contribution < 1.29 is 4.79 Å². The average molecular weight is 132 g/mol. The van der Waals surface area contributed by atoms with Gasteiger partial charge in [0.25, 0.3) is 0 Å². The summed E-state index contributed by atoms with van der Waals surface area (Å²) in [6.07, 6.45) is 2.76. The van der Waals surface area contributed by atoms with Crippen LogP contribution in [0.3, 0.4) is 0 Å². The van der Waals surface area contributed by atoms with E-state index < -0.39 is 4.75 Å². The summed E-state index contributed by atoms with van der Waals surface area (Å²) < 4.78 is -0.394. The Morgan fingerprint density at radius 1 is 1.75 bits per heavy atom. The zero-order valence-electron chi connectivity index (χ0n) is 5.35. The van der Waals surface area contributed by atoms with Gasteiger partial charge in [-0.15, -0.1) is 0 Å². The number of carbonyl (C=O) groups excluding carboxylic acids is 1. The molecule has 0 radical (unpaired) electrons. The van der Waals surface area contributed by atoms with E-state index in [0.29, 0.717) is 0 Å². The second-order valence-electron chi connectivity index (χ2n) is 2.23. The van der Waals surface area contributed by atoms with Crippen molar-refractivity contribution in [3.05, 3.63) is 0 Å². The maximum absolute atomic E-state index is 10.1. The monoisotopic (exact) mass is 132 g/mol. The number of aldehydes is 1. The predicted molar refractivity (Wildman–Crippen MR) is 38.4 cm³/mol. The molecule has 0 saturated carbocycles. The number of hydrogen-bond acceptors (Lipinski definition) is 2. The van der Waals surface area contributed by atoms with Gasteiger partial charge in [-0.1, -0.05) is 13.3 Å². The molecule has 1 atom stereocenters. The highest BCUT2D eigenvalue weighted by Gasteiger charge is 2.14. The molecule has 0 aromatic carbocycles. The lowest BCUT2D eigenvalue weighted by molar-refractivity contribution is -0.109. The third-order valence-corrected chi connectivity index (χ3v) is 1.34. The van der Waals surface area contributed by atoms with Crippen LogP contribution in [0, 0.1) is 0 Å². The van der Waals surface area contributed by atoms with E-state index in [1.54, 1.807) is 0 Å². The Morgan fingerprint density at radius 2 is 2.25 bits per heavy atom. The third kappa shape index (κ3) is 3.08. The standard InChI is InChI=1S/C6H12OS/c1-3-4-6(2,8)5-7/h5,8H,3-4H2,1-2H3. The molecule has 0 rings (SSSR count). The lowest BCUT2D eigenvalue weighted by Gasteiger charge is -2.12. The molecular formula is C6H12OS. The Kier molecular flexibility index (Phi) is 3.13. The maximum Gasteiger partial charge on any atom is 0.135 e. The maximum atomic E-state index is 10.1. The average Bonchev–Trinajstić information content (AvgIpc) is 1.67. The smallest absolute Gasteiger partial charge is 0.135 e. The summed E-state index contributed by atoms with van der Waals surface area (Å²) in [5.41, 5.74) is 0. The molecule has 2 heteroatoms. The summed E-state index contributed by atoms with van der Waals surface area (Å²) in [7, 11) is 0. The van der Waals surface area contributed by atoms with Crippen LogP contribution in [0.2, 0.25) is 0 Å². The molecule has 0 heterocycles. The molecule has 48 valence electrons. The van der Waals surface area contributed by atoms with Crippen LogP contribution in [-0.4, -0.2) is 11.0 Å². The van der Waals surface area contributed by atoms with Gasteiger partial charge in [-0.2, -0.15) is 12.6 Å². The highest BCUT2D eigenvalue weighted by molar-refractivity contribution is 7.82. The highest BCUT2D eigenvalue weighted by Crippen LogP contribution is 2.16. The van der Waals surface area contributed by atoms with Gasteiger partial charge in [0.15, 0.2) is 0 Å². The highest BCUT2D eigenvalue weighted by atomic mass is 32.1. The molecule has 1 nitrogen and oxygen atoms in total. The summed E-state index contributed by atoms with van der Waals surface area (Å²) in [4.78, 5) is 10.1. The number of thiol groups is 1. The fourth-order valence-corrected chi connectivity index (χ4v) is 0.789. The summed E-state index contributed by atoms with van der Waals surface area (Å²) in [6.45, 7) is 3.87. The van der Waals surface area contributed by atoms with E-state index in [1.165, 1.54) is 0 Å². The van der Waals surface area contributed by atoms with Gasteiger partial charge in [0.1, 0.15) is 6.29 Å². The van der Waals surface area contributed by atoms with Crippen LogP contribution in [-0.2, 0) is 4.79 Å². The second kappa shape index (κ2) is 3.13. The van der Waals surface area contributed by atoms with Crippen LogP contribution in [0.15, 0.2) is 0 Å². The fraction of sp³-hybridized carbons (Fsp3) is 0.833. The van der Waals surface area contributed by atoms with Gasteiger partial charge in [0.05, 0.1) is 4.75 Å². The summed E-state index contributed by atoms with van der Waals surface area (Å²) in [6, 6.07) is 0. The van der Waals surface area contributed by atoms with Crippen molar-refractivity contribution in [2.45, 2.75) is 31.4 Å². The molecule has 0 fully saturated rings. The lowest BCUT2D eigenvalue weighted by atomic mass is 10.1. The van der Waals surface area contributed by atoms with Gasteiger partial charge in [-0.05, 0) is 13.3 Å². The third-order valence-electron chi connectivity index (χ3n) is 1.01. The molecule has 0 bridgehead atoms. The molecule has 0 aliphatic rings. The van der Waals surface area contributed by atoms with Gasteiger partial charge in [-0.25, -0.2) is 0 Å². The van der Waals surface area contributed by atoms with E-state index >= 15 is 0 Å². The second-order valence-corrected chi connectivity index (χ2v) is 3.25. The first kappa shape index (κ1) is 8.02. The largest absolute Gasteiger partial charge is 0.302 e. The number of rotatable bonds is 3. The molecule has 8 heavy (non-hydrogen) atoms. The Hall–Kier alpha value is 0.0200. The van der Waals surface area contributed by atoms with Crippen LogP contribution in [0.25, 0.3) is 0 Å². The molecule has 0 aromatic heterocycles. The number of carbonyl (C=O) groups is 1. The summed E-state index contributed by atoms with van der Waals surface area (Å²) in [5.74, 6) is 0. The van der Waals surface area contributed by atoms with Crippen molar-refractivity contribution in [1.82, 2.24) is 0 Å². The Balaban J connectivity index is 3.53. The summed E-state index contributed by atoms with van der Waals surface area (Å²) in [5, 5.41) is 0. The van der Waals surface area contributed by atoms with Crippen molar-refractivity contribution >= 4 is 18.9 Å². The van der Waals surface area contributed by atoms with Crippen LogP contribution in [0.4, 0.5) is 0 Å². The Bertz CT molecular complexity index is 78.6. The van der Waals surface area contributed by atoms with Crippen LogP contribution in [0.1, 0.15) is 26.7 Å². The molecule has 1 unspecified atom stereocenters. The predicted octanol–water partition coefficient (Wildman–Crippen LogP) is 1.67. The van der Waals surface area contributed by atoms with Crippen LogP contribution >= 0.6 is 12.6 Å². The molecule has 0 aliphatic carbocycles. The molecule has 0 aliphatic heterocycles. The van der Waals surface area contributed by atoms with E-state index in [-0.39, 0.29) is 0 Å².